The summed E-state index contributed by atoms with van der Waals surface area (Å²) in [4.78, 5) is 33.0. The van der Waals surface area contributed by atoms with Gasteiger partial charge < -0.3 is 9.88 Å². The molecule has 1 N–H and O–H groups in total. The van der Waals surface area contributed by atoms with Crippen molar-refractivity contribution < 1.29 is 9.18 Å². The number of anilines is 1. The number of alkyl halides is 1. The lowest BCUT2D eigenvalue weighted by molar-refractivity contribution is -0.117. The first-order chi connectivity index (χ1) is 12.5. The summed E-state index contributed by atoms with van der Waals surface area (Å²) in [6, 6.07) is 5.26. The van der Waals surface area contributed by atoms with E-state index >= 15 is 0 Å². The van der Waals surface area contributed by atoms with Crippen molar-refractivity contribution in [3.63, 3.8) is 0 Å². The van der Waals surface area contributed by atoms with Crippen LogP contribution in [0.25, 0.3) is 22.0 Å². The normalized spacial score (nSPS) is 18.7. The van der Waals surface area contributed by atoms with Gasteiger partial charge in [-0.25, -0.2) is 9.37 Å². The second kappa shape index (κ2) is 6.01. The summed E-state index contributed by atoms with van der Waals surface area (Å²) in [5.41, 5.74) is 2.75. The van der Waals surface area contributed by atoms with Gasteiger partial charge in [0.2, 0.25) is 5.91 Å². The zero-order valence-corrected chi connectivity index (χ0v) is 14.4. The molecule has 132 valence electrons. The van der Waals surface area contributed by atoms with Gasteiger partial charge in [-0.15, -0.1) is 0 Å². The lowest BCUT2D eigenvalue weighted by Crippen LogP contribution is -2.20. The van der Waals surface area contributed by atoms with E-state index in [1.54, 1.807) is 37.8 Å². The van der Waals surface area contributed by atoms with Crippen LogP contribution in [0.3, 0.4) is 0 Å². The summed E-state index contributed by atoms with van der Waals surface area (Å²) >= 11 is 0. The van der Waals surface area contributed by atoms with E-state index in [9.17, 15) is 14.0 Å². The minimum Gasteiger partial charge on any atom is -0.311 e. The number of hydrogen-bond acceptors (Lipinski definition) is 4. The number of aryl methyl sites for hydroxylation is 2. The largest absolute Gasteiger partial charge is 0.311 e. The van der Waals surface area contributed by atoms with E-state index in [0.29, 0.717) is 16.9 Å². The predicted molar refractivity (Wildman–Crippen MR) is 96.6 cm³/mol. The van der Waals surface area contributed by atoms with Gasteiger partial charge in [-0.2, -0.15) is 0 Å². The second-order valence-corrected chi connectivity index (χ2v) is 6.59. The highest BCUT2D eigenvalue weighted by molar-refractivity contribution is 5.95. The van der Waals surface area contributed by atoms with Crippen LogP contribution in [-0.2, 0) is 11.8 Å². The molecule has 7 heteroatoms. The van der Waals surface area contributed by atoms with Crippen molar-refractivity contribution in [1.82, 2.24) is 14.5 Å². The number of aromatic nitrogens is 3. The van der Waals surface area contributed by atoms with E-state index in [1.807, 2.05) is 13.0 Å². The molecule has 0 aliphatic heterocycles. The maximum Gasteiger partial charge on any atom is 0.258 e. The zero-order chi connectivity index (χ0) is 18.4. The monoisotopic (exact) mass is 352 g/mol. The zero-order valence-electron chi connectivity index (χ0n) is 14.4. The fraction of sp³-hybridized carbons (Fsp3) is 0.263. The Morgan fingerprint density at radius 3 is 2.77 bits per heavy atom. The molecule has 0 unspecified atom stereocenters. The Labute approximate surface area is 148 Å². The van der Waals surface area contributed by atoms with Gasteiger partial charge in [0.05, 0.1) is 11.4 Å². The molecule has 0 bridgehead atoms. The highest BCUT2D eigenvalue weighted by Gasteiger charge is 2.43. The number of hydrogen-bond donors (Lipinski definition) is 1. The number of carbonyl (C=O) groups is 1. The molecular formula is C19H17FN4O2. The van der Waals surface area contributed by atoms with Crippen molar-refractivity contribution >= 4 is 22.6 Å². The number of pyridine rings is 3. The van der Waals surface area contributed by atoms with Crippen LogP contribution in [0.2, 0.25) is 0 Å². The molecule has 3 heterocycles. The Bertz CT molecular complexity index is 1090. The van der Waals surface area contributed by atoms with Gasteiger partial charge in [0.25, 0.3) is 5.56 Å². The molecule has 3 aromatic rings. The van der Waals surface area contributed by atoms with Gasteiger partial charge in [0.1, 0.15) is 12.0 Å². The van der Waals surface area contributed by atoms with Crippen LogP contribution >= 0.6 is 0 Å². The number of amides is 1. The molecule has 26 heavy (non-hydrogen) atoms. The number of carbonyl (C=O) groups excluding carboxylic acids is 1. The van der Waals surface area contributed by atoms with Crippen LogP contribution in [0.5, 0.6) is 0 Å². The Kier molecular flexibility index (Phi) is 3.79. The number of rotatable bonds is 3. The molecule has 6 nitrogen and oxygen atoms in total. The van der Waals surface area contributed by atoms with Crippen LogP contribution in [0.1, 0.15) is 12.0 Å². The molecule has 0 aromatic carbocycles. The molecule has 1 amide bonds. The minimum absolute atomic E-state index is 0.164. The molecule has 0 saturated heterocycles. The van der Waals surface area contributed by atoms with Gasteiger partial charge in [0, 0.05) is 48.2 Å². The highest BCUT2D eigenvalue weighted by Crippen LogP contribution is 2.34. The van der Waals surface area contributed by atoms with Crippen molar-refractivity contribution in [2.75, 3.05) is 5.32 Å². The van der Waals surface area contributed by atoms with E-state index in [4.69, 9.17) is 0 Å². The first-order valence-electron chi connectivity index (χ1n) is 8.31. The first kappa shape index (κ1) is 16.4. The average Bonchev–Trinajstić information content (AvgIpc) is 3.36. The molecule has 4 rings (SSSR count). The standard InChI is InChI=1S/C19H17FN4O2/c1-10-3-4-21-9-14(10)12-5-11-8-22-17(7-16(11)24(2)19(12)26)23-18(25)13-6-15(13)20/h3-5,7-9,13,15H,6H2,1-2H3,(H,22,23,25)/t13-,15-/m0/s1. The van der Waals surface area contributed by atoms with E-state index in [2.05, 4.69) is 15.3 Å². The third kappa shape index (κ3) is 2.75. The number of nitrogens with one attached hydrogen (secondary N) is 1. The highest BCUT2D eigenvalue weighted by atomic mass is 19.1. The van der Waals surface area contributed by atoms with Gasteiger partial charge in [-0.3, -0.25) is 14.6 Å². The minimum atomic E-state index is -1.06. The number of nitrogens with zero attached hydrogens (tertiary/aromatic N) is 3. The second-order valence-electron chi connectivity index (χ2n) is 6.59. The summed E-state index contributed by atoms with van der Waals surface area (Å²) < 4.78 is 14.5. The van der Waals surface area contributed by atoms with Crippen LogP contribution < -0.4 is 10.9 Å². The third-order valence-electron chi connectivity index (χ3n) is 4.74. The average molecular weight is 352 g/mol. The van der Waals surface area contributed by atoms with Crippen LogP contribution in [0.15, 0.2) is 41.6 Å². The molecular weight excluding hydrogens is 335 g/mol. The molecule has 2 atom stereocenters. The quantitative estimate of drug-likeness (QED) is 0.786. The van der Waals surface area contributed by atoms with Crippen molar-refractivity contribution in [1.29, 1.82) is 0 Å². The van der Waals surface area contributed by atoms with E-state index in [0.717, 1.165) is 16.5 Å². The molecule has 1 saturated carbocycles. The van der Waals surface area contributed by atoms with E-state index in [1.165, 1.54) is 4.57 Å². The predicted octanol–water partition coefficient (Wildman–Crippen LogP) is 2.60. The van der Waals surface area contributed by atoms with Crippen LogP contribution in [0.4, 0.5) is 10.2 Å². The lowest BCUT2D eigenvalue weighted by Gasteiger charge is -2.11. The fourth-order valence-corrected chi connectivity index (χ4v) is 3.03. The molecule has 0 radical (unpaired) electrons. The maximum absolute atomic E-state index is 13.0. The van der Waals surface area contributed by atoms with Gasteiger partial charge in [-0.05, 0) is 31.0 Å². The SMILES string of the molecule is Cc1ccncc1-c1cc2cnc(NC(=O)[C@H]3C[C@@H]3F)cc2n(C)c1=O. The summed E-state index contributed by atoms with van der Waals surface area (Å²) in [5, 5.41) is 3.38. The summed E-state index contributed by atoms with van der Waals surface area (Å²) in [6.45, 7) is 1.92. The maximum atomic E-state index is 13.0. The van der Waals surface area contributed by atoms with Gasteiger partial charge in [-0.1, -0.05) is 0 Å². The number of fused-ring (bicyclic) bond motifs is 1. The van der Waals surface area contributed by atoms with Crippen molar-refractivity contribution in [2.45, 2.75) is 19.5 Å². The van der Waals surface area contributed by atoms with Crippen LogP contribution in [-0.4, -0.2) is 26.6 Å². The Balaban J connectivity index is 1.77. The van der Waals surface area contributed by atoms with E-state index in [-0.39, 0.29) is 17.9 Å². The topological polar surface area (TPSA) is 76.9 Å². The molecule has 3 aromatic heterocycles. The van der Waals surface area contributed by atoms with Crippen molar-refractivity contribution in [3.05, 3.63) is 52.7 Å². The molecule has 1 fully saturated rings. The smallest absolute Gasteiger partial charge is 0.258 e. The number of halogens is 1. The van der Waals surface area contributed by atoms with Gasteiger partial charge in [0.15, 0.2) is 0 Å². The molecule has 1 aliphatic rings. The third-order valence-corrected chi connectivity index (χ3v) is 4.74. The Hall–Kier alpha value is -3.09. The van der Waals surface area contributed by atoms with Crippen LogP contribution in [0, 0.1) is 12.8 Å². The Morgan fingerprint density at radius 1 is 1.31 bits per heavy atom. The van der Waals surface area contributed by atoms with Gasteiger partial charge >= 0.3 is 0 Å². The lowest BCUT2D eigenvalue weighted by atomic mass is 10.0. The molecule has 0 spiro atoms. The van der Waals surface area contributed by atoms with Crippen molar-refractivity contribution in [3.8, 4) is 11.1 Å². The summed E-state index contributed by atoms with van der Waals surface area (Å²) in [7, 11) is 1.67. The first-order valence-corrected chi connectivity index (χ1v) is 8.31. The fourth-order valence-electron chi connectivity index (χ4n) is 3.03. The Morgan fingerprint density at radius 2 is 2.08 bits per heavy atom. The molecule has 1 aliphatic carbocycles. The van der Waals surface area contributed by atoms with E-state index < -0.39 is 12.1 Å². The summed E-state index contributed by atoms with van der Waals surface area (Å²) in [6.07, 6.45) is 4.14. The van der Waals surface area contributed by atoms with Crippen molar-refractivity contribution in [2.24, 2.45) is 13.0 Å². The summed E-state index contributed by atoms with van der Waals surface area (Å²) in [5.74, 6) is -0.661.